The van der Waals surface area contributed by atoms with E-state index < -0.39 is 0 Å². The first kappa shape index (κ1) is 11.8. The second kappa shape index (κ2) is 7.07. The summed E-state index contributed by atoms with van der Waals surface area (Å²) in [6, 6.07) is 8.09. The lowest BCUT2D eigenvalue weighted by atomic mass is 10.2. The molecular weight excluding hydrogens is 186 g/mol. The van der Waals surface area contributed by atoms with Gasteiger partial charge in [-0.2, -0.15) is 0 Å². The summed E-state index contributed by atoms with van der Waals surface area (Å²) >= 11 is 0. The number of nitrogens with one attached hydrogen (secondary N) is 1. The van der Waals surface area contributed by atoms with E-state index >= 15 is 0 Å². The van der Waals surface area contributed by atoms with Gasteiger partial charge >= 0.3 is 0 Å². The normalized spacial score (nSPS) is 9.93. The molecule has 0 saturated carbocycles. The van der Waals surface area contributed by atoms with Crippen LogP contribution in [0, 0.1) is 0 Å². The Bertz CT molecular complexity index is 296. The number of unbranched alkanes of at least 4 members (excludes halogenated alkanes) is 1. The predicted octanol–water partition coefficient (Wildman–Crippen LogP) is 2.75. The van der Waals surface area contributed by atoms with Crippen molar-refractivity contribution in [3.05, 3.63) is 42.5 Å². The van der Waals surface area contributed by atoms with Crippen molar-refractivity contribution in [2.24, 2.45) is 0 Å². The lowest BCUT2D eigenvalue weighted by molar-refractivity contribution is 0.407. The zero-order valence-corrected chi connectivity index (χ0v) is 9.33. The second-order valence-electron chi connectivity index (χ2n) is 3.42. The monoisotopic (exact) mass is 205 g/mol. The van der Waals surface area contributed by atoms with Crippen molar-refractivity contribution in [2.45, 2.75) is 19.4 Å². The van der Waals surface area contributed by atoms with Crippen molar-refractivity contribution in [1.29, 1.82) is 0 Å². The fraction of sp³-hybridized carbons (Fsp3) is 0.385. The highest BCUT2D eigenvalue weighted by atomic mass is 16.5. The van der Waals surface area contributed by atoms with Gasteiger partial charge in [0.15, 0.2) is 0 Å². The Labute approximate surface area is 92.0 Å². The molecule has 0 atom stereocenters. The lowest BCUT2D eigenvalue weighted by Crippen LogP contribution is -2.14. The molecule has 0 aromatic heterocycles. The van der Waals surface area contributed by atoms with Crippen LogP contribution in [0.1, 0.15) is 18.4 Å². The van der Waals surface area contributed by atoms with E-state index in [1.165, 1.54) is 5.56 Å². The van der Waals surface area contributed by atoms with Crippen molar-refractivity contribution in [3.8, 4) is 5.75 Å². The van der Waals surface area contributed by atoms with Gasteiger partial charge in [-0.3, -0.25) is 0 Å². The van der Waals surface area contributed by atoms with Gasteiger partial charge in [-0.05, 0) is 25.5 Å². The Morgan fingerprint density at radius 1 is 1.40 bits per heavy atom. The molecule has 0 spiro atoms. The first-order chi connectivity index (χ1) is 7.38. The molecule has 1 aromatic carbocycles. The zero-order valence-electron chi connectivity index (χ0n) is 9.33. The number of hydrogen-bond donors (Lipinski definition) is 1. The summed E-state index contributed by atoms with van der Waals surface area (Å²) in [5.41, 5.74) is 1.21. The molecule has 82 valence electrons. The van der Waals surface area contributed by atoms with Crippen LogP contribution in [0.25, 0.3) is 0 Å². The van der Waals surface area contributed by atoms with Crippen LogP contribution < -0.4 is 10.1 Å². The number of allylic oxidation sites excluding steroid dienone is 1. The molecule has 0 fully saturated rings. The highest BCUT2D eigenvalue weighted by molar-refractivity contribution is 5.32. The van der Waals surface area contributed by atoms with Crippen LogP contribution in [0.15, 0.2) is 36.9 Å². The number of rotatable bonds is 7. The fourth-order valence-corrected chi connectivity index (χ4v) is 1.44. The molecule has 0 amide bonds. The van der Waals surface area contributed by atoms with Gasteiger partial charge in [0.1, 0.15) is 5.75 Å². The number of hydrogen-bond acceptors (Lipinski definition) is 2. The Balaban J connectivity index is 2.33. The molecule has 0 bridgehead atoms. The smallest absolute Gasteiger partial charge is 0.123 e. The molecule has 2 nitrogen and oxygen atoms in total. The standard InChI is InChI=1S/C13H19NO/c1-3-4-7-10-14-11-12-8-5-6-9-13(12)15-2/h3,5-6,8-9,14H,1,4,7,10-11H2,2H3. The minimum Gasteiger partial charge on any atom is -0.496 e. The summed E-state index contributed by atoms with van der Waals surface area (Å²) in [5.74, 6) is 0.953. The van der Waals surface area contributed by atoms with Crippen LogP contribution in [0.4, 0.5) is 0 Å². The Hall–Kier alpha value is -1.28. The molecule has 0 heterocycles. The van der Waals surface area contributed by atoms with Crippen LogP contribution in [-0.4, -0.2) is 13.7 Å². The van der Waals surface area contributed by atoms with E-state index in [4.69, 9.17) is 4.74 Å². The average molecular weight is 205 g/mol. The van der Waals surface area contributed by atoms with E-state index in [0.29, 0.717) is 0 Å². The van der Waals surface area contributed by atoms with Crippen LogP contribution in [0.2, 0.25) is 0 Å². The molecule has 0 aliphatic carbocycles. The molecule has 1 N–H and O–H groups in total. The quantitative estimate of drug-likeness (QED) is 0.546. The third-order valence-corrected chi connectivity index (χ3v) is 2.27. The molecule has 2 heteroatoms. The molecule has 1 aromatic rings. The van der Waals surface area contributed by atoms with Crippen LogP contribution >= 0.6 is 0 Å². The number of para-hydroxylation sites is 1. The molecule has 1 rings (SSSR count). The Morgan fingerprint density at radius 3 is 2.93 bits per heavy atom. The van der Waals surface area contributed by atoms with Gasteiger partial charge in [-0.15, -0.1) is 6.58 Å². The van der Waals surface area contributed by atoms with Gasteiger partial charge in [0.05, 0.1) is 7.11 Å². The third-order valence-electron chi connectivity index (χ3n) is 2.27. The van der Waals surface area contributed by atoms with E-state index in [1.54, 1.807) is 7.11 Å². The number of ether oxygens (including phenoxy) is 1. The summed E-state index contributed by atoms with van der Waals surface area (Å²) in [6.07, 6.45) is 4.16. The molecule has 15 heavy (non-hydrogen) atoms. The SMILES string of the molecule is C=CCCCNCc1ccccc1OC. The fourth-order valence-electron chi connectivity index (χ4n) is 1.44. The summed E-state index contributed by atoms with van der Waals surface area (Å²) in [7, 11) is 1.70. The van der Waals surface area contributed by atoms with Crippen LogP contribution in [0.5, 0.6) is 5.75 Å². The van der Waals surface area contributed by atoms with E-state index in [1.807, 2.05) is 24.3 Å². The van der Waals surface area contributed by atoms with Crippen molar-refractivity contribution >= 4 is 0 Å². The number of benzene rings is 1. The van der Waals surface area contributed by atoms with Gasteiger partial charge in [0, 0.05) is 12.1 Å². The van der Waals surface area contributed by atoms with Gasteiger partial charge in [0.25, 0.3) is 0 Å². The summed E-state index contributed by atoms with van der Waals surface area (Å²) in [6.45, 7) is 5.58. The van der Waals surface area contributed by atoms with Gasteiger partial charge in [-0.25, -0.2) is 0 Å². The molecule has 0 saturated heterocycles. The maximum absolute atomic E-state index is 5.27. The topological polar surface area (TPSA) is 21.3 Å². The van der Waals surface area contributed by atoms with E-state index in [-0.39, 0.29) is 0 Å². The molecule has 0 aliphatic rings. The van der Waals surface area contributed by atoms with Gasteiger partial charge in [-0.1, -0.05) is 24.3 Å². The maximum atomic E-state index is 5.27. The van der Waals surface area contributed by atoms with E-state index in [9.17, 15) is 0 Å². The maximum Gasteiger partial charge on any atom is 0.123 e. The second-order valence-corrected chi connectivity index (χ2v) is 3.42. The minimum absolute atomic E-state index is 0.862. The summed E-state index contributed by atoms with van der Waals surface area (Å²) < 4.78 is 5.27. The summed E-state index contributed by atoms with van der Waals surface area (Å²) in [4.78, 5) is 0. The van der Waals surface area contributed by atoms with Gasteiger partial charge < -0.3 is 10.1 Å². The van der Waals surface area contributed by atoms with E-state index in [2.05, 4.69) is 18.0 Å². The number of methoxy groups -OCH3 is 1. The Kier molecular flexibility index (Phi) is 5.56. The minimum atomic E-state index is 0.862. The highest BCUT2D eigenvalue weighted by Gasteiger charge is 1.99. The first-order valence-electron chi connectivity index (χ1n) is 5.32. The van der Waals surface area contributed by atoms with Crippen LogP contribution in [0.3, 0.4) is 0 Å². The molecule has 0 radical (unpaired) electrons. The third kappa shape index (κ3) is 4.17. The largest absolute Gasteiger partial charge is 0.496 e. The van der Waals surface area contributed by atoms with Gasteiger partial charge in [0.2, 0.25) is 0 Å². The molecule has 0 unspecified atom stereocenters. The first-order valence-corrected chi connectivity index (χ1v) is 5.32. The molecular formula is C13H19NO. The van der Waals surface area contributed by atoms with E-state index in [0.717, 1.165) is 31.7 Å². The van der Waals surface area contributed by atoms with Crippen molar-refractivity contribution in [3.63, 3.8) is 0 Å². The molecule has 0 aliphatic heterocycles. The Morgan fingerprint density at radius 2 is 2.20 bits per heavy atom. The van der Waals surface area contributed by atoms with Crippen LogP contribution in [-0.2, 0) is 6.54 Å². The zero-order chi connectivity index (χ0) is 10.9. The van der Waals surface area contributed by atoms with Crippen molar-refractivity contribution in [1.82, 2.24) is 5.32 Å². The highest BCUT2D eigenvalue weighted by Crippen LogP contribution is 2.16. The lowest BCUT2D eigenvalue weighted by Gasteiger charge is -2.08. The van der Waals surface area contributed by atoms with Crippen molar-refractivity contribution in [2.75, 3.05) is 13.7 Å². The summed E-state index contributed by atoms with van der Waals surface area (Å²) in [5, 5.41) is 3.38. The predicted molar refractivity (Wildman–Crippen MR) is 64.1 cm³/mol. The average Bonchev–Trinajstić information content (AvgIpc) is 2.29. The van der Waals surface area contributed by atoms with Crippen molar-refractivity contribution < 1.29 is 4.74 Å².